The standard InChI is InChI=1S/C12H16N2O4S/c1-9-11(7-8-15)12(16)13-14(9)19(17,18)10-5-3-2-4-6-10/h2-6,9,11,15H,7-8H2,1H3,(H,13,16). The highest BCUT2D eigenvalue weighted by molar-refractivity contribution is 7.89. The molecule has 1 fully saturated rings. The summed E-state index contributed by atoms with van der Waals surface area (Å²) >= 11 is 0. The number of amides is 1. The number of aliphatic hydroxyl groups is 1. The molecule has 2 rings (SSSR count). The minimum absolute atomic E-state index is 0.131. The number of nitrogens with one attached hydrogen (secondary N) is 1. The molecule has 1 aromatic carbocycles. The summed E-state index contributed by atoms with van der Waals surface area (Å²) in [6.07, 6.45) is 0.244. The van der Waals surface area contributed by atoms with Crippen LogP contribution in [0.4, 0.5) is 0 Å². The number of carbonyl (C=O) groups excluding carboxylic acids is 1. The van der Waals surface area contributed by atoms with E-state index in [1.165, 1.54) is 12.1 Å². The Hall–Kier alpha value is -1.44. The Morgan fingerprint density at radius 2 is 1.95 bits per heavy atom. The van der Waals surface area contributed by atoms with Gasteiger partial charge in [-0.1, -0.05) is 18.2 Å². The van der Waals surface area contributed by atoms with E-state index in [0.29, 0.717) is 0 Å². The lowest BCUT2D eigenvalue weighted by atomic mass is 10.00. The van der Waals surface area contributed by atoms with Crippen LogP contribution in [0.5, 0.6) is 0 Å². The second-order valence-electron chi connectivity index (χ2n) is 4.45. The van der Waals surface area contributed by atoms with Crippen molar-refractivity contribution in [2.45, 2.75) is 24.3 Å². The molecule has 0 bridgehead atoms. The number of aliphatic hydroxyl groups excluding tert-OH is 1. The highest BCUT2D eigenvalue weighted by atomic mass is 32.2. The summed E-state index contributed by atoms with van der Waals surface area (Å²) in [7, 11) is -3.75. The fourth-order valence-electron chi connectivity index (χ4n) is 2.17. The largest absolute Gasteiger partial charge is 0.396 e. The summed E-state index contributed by atoms with van der Waals surface area (Å²) in [6.45, 7) is 1.50. The second-order valence-corrected chi connectivity index (χ2v) is 6.26. The monoisotopic (exact) mass is 284 g/mol. The molecule has 1 aliphatic rings. The molecule has 2 atom stereocenters. The van der Waals surface area contributed by atoms with Gasteiger partial charge in [0.15, 0.2) is 0 Å². The third kappa shape index (κ3) is 2.49. The molecule has 19 heavy (non-hydrogen) atoms. The Bertz CT molecular complexity index is 558. The lowest BCUT2D eigenvalue weighted by molar-refractivity contribution is -0.123. The van der Waals surface area contributed by atoms with Crippen molar-refractivity contribution in [3.63, 3.8) is 0 Å². The van der Waals surface area contributed by atoms with Crippen LogP contribution >= 0.6 is 0 Å². The van der Waals surface area contributed by atoms with Gasteiger partial charge in [-0.3, -0.25) is 10.2 Å². The van der Waals surface area contributed by atoms with Crippen molar-refractivity contribution in [1.82, 2.24) is 9.84 Å². The van der Waals surface area contributed by atoms with Gasteiger partial charge in [-0.2, -0.15) is 0 Å². The Morgan fingerprint density at radius 3 is 2.53 bits per heavy atom. The summed E-state index contributed by atoms with van der Waals surface area (Å²) in [5.41, 5.74) is 2.37. The first-order valence-electron chi connectivity index (χ1n) is 5.99. The average molecular weight is 284 g/mol. The number of rotatable bonds is 4. The predicted octanol–water partition coefficient (Wildman–Crippen LogP) is 0.109. The molecule has 1 heterocycles. The van der Waals surface area contributed by atoms with E-state index in [0.717, 1.165) is 4.41 Å². The first-order chi connectivity index (χ1) is 8.98. The molecular weight excluding hydrogens is 268 g/mol. The predicted molar refractivity (Wildman–Crippen MR) is 68.3 cm³/mol. The first-order valence-corrected chi connectivity index (χ1v) is 7.43. The second kappa shape index (κ2) is 5.28. The maximum atomic E-state index is 12.4. The van der Waals surface area contributed by atoms with Crippen molar-refractivity contribution in [2.24, 2.45) is 5.92 Å². The zero-order chi connectivity index (χ0) is 14.0. The zero-order valence-corrected chi connectivity index (χ0v) is 11.3. The maximum Gasteiger partial charge on any atom is 0.260 e. The van der Waals surface area contributed by atoms with Gasteiger partial charge in [0.05, 0.1) is 16.9 Å². The molecule has 104 valence electrons. The molecule has 0 radical (unpaired) electrons. The van der Waals surface area contributed by atoms with Gasteiger partial charge in [-0.25, -0.2) is 8.42 Å². The van der Waals surface area contributed by atoms with E-state index in [4.69, 9.17) is 5.11 Å². The minimum atomic E-state index is -3.75. The number of hydrogen-bond donors (Lipinski definition) is 2. The van der Waals surface area contributed by atoms with Crippen molar-refractivity contribution < 1.29 is 18.3 Å². The molecule has 2 N–H and O–H groups in total. The van der Waals surface area contributed by atoms with Gasteiger partial charge < -0.3 is 5.11 Å². The van der Waals surface area contributed by atoms with Gasteiger partial charge >= 0.3 is 0 Å². The third-order valence-electron chi connectivity index (χ3n) is 3.25. The van der Waals surface area contributed by atoms with E-state index in [1.54, 1.807) is 25.1 Å². The first kappa shape index (κ1) is 14.0. The van der Waals surface area contributed by atoms with Gasteiger partial charge in [0.1, 0.15) is 0 Å². The topological polar surface area (TPSA) is 86.7 Å². The molecule has 1 amide bonds. The molecule has 2 unspecified atom stereocenters. The van der Waals surface area contributed by atoms with Gasteiger partial charge in [-0.15, -0.1) is 4.41 Å². The summed E-state index contributed by atoms with van der Waals surface area (Å²) in [5.74, 6) is -0.899. The van der Waals surface area contributed by atoms with Crippen molar-refractivity contribution >= 4 is 15.9 Å². The number of sulfonamides is 1. The number of nitrogens with zero attached hydrogens (tertiary/aromatic N) is 1. The van der Waals surface area contributed by atoms with Gasteiger partial charge in [0.2, 0.25) is 5.91 Å². The number of hydrazine groups is 1. The summed E-state index contributed by atoms with van der Waals surface area (Å²) < 4.78 is 25.8. The molecule has 1 aliphatic heterocycles. The van der Waals surface area contributed by atoms with Crippen molar-refractivity contribution in [3.05, 3.63) is 30.3 Å². The Kier molecular flexibility index (Phi) is 3.88. The van der Waals surface area contributed by atoms with E-state index >= 15 is 0 Å². The molecule has 0 aliphatic carbocycles. The summed E-state index contributed by atoms with van der Waals surface area (Å²) in [4.78, 5) is 11.9. The smallest absolute Gasteiger partial charge is 0.260 e. The van der Waals surface area contributed by atoms with Crippen molar-refractivity contribution in [2.75, 3.05) is 6.61 Å². The number of carbonyl (C=O) groups is 1. The van der Waals surface area contributed by atoms with Crippen molar-refractivity contribution in [3.8, 4) is 0 Å². The maximum absolute atomic E-state index is 12.4. The van der Waals surface area contributed by atoms with Crippen LogP contribution in [0, 0.1) is 5.92 Å². The minimum Gasteiger partial charge on any atom is -0.396 e. The molecule has 0 saturated carbocycles. The number of hydrogen-bond acceptors (Lipinski definition) is 4. The highest BCUT2D eigenvalue weighted by Gasteiger charge is 2.43. The van der Waals surface area contributed by atoms with Gasteiger partial charge in [-0.05, 0) is 25.5 Å². The molecule has 6 nitrogen and oxygen atoms in total. The average Bonchev–Trinajstić information content (AvgIpc) is 2.69. The normalized spacial score (nSPS) is 24.4. The van der Waals surface area contributed by atoms with E-state index in [9.17, 15) is 13.2 Å². The lowest BCUT2D eigenvalue weighted by Gasteiger charge is -2.21. The zero-order valence-electron chi connectivity index (χ0n) is 10.5. The van der Waals surface area contributed by atoms with E-state index < -0.39 is 22.0 Å². The Balaban J connectivity index is 2.31. The quantitative estimate of drug-likeness (QED) is 0.821. The molecule has 1 saturated heterocycles. The lowest BCUT2D eigenvalue weighted by Crippen LogP contribution is -2.42. The van der Waals surface area contributed by atoms with Crippen LogP contribution < -0.4 is 5.43 Å². The number of benzene rings is 1. The third-order valence-corrected chi connectivity index (χ3v) is 5.06. The van der Waals surface area contributed by atoms with Crippen molar-refractivity contribution in [1.29, 1.82) is 0 Å². The molecular formula is C12H16N2O4S. The van der Waals surface area contributed by atoms with Crippen LogP contribution in [0.15, 0.2) is 35.2 Å². The Morgan fingerprint density at radius 1 is 1.32 bits per heavy atom. The van der Waals surface area contributed by atoms with Crippen LogP contribution in [0.2, 0.25) is 0 Å². The Labute approximate surface area is 112 Å². The fourth-order valence-corrected chi connectivity index (χ4v) is 3.70. The molecule has 0 spiro atoms. The van der Waals surface area contributed by atoms with Crippen LogP contribution in [0.1, 0.15) is 13.3 Å². The van der Waals surface area contributed by atoms with Crippen LogP contribution in [-0.4, -0.2) is 36.5 Å². The van der Waals surface area contributed by atoms with E-state index in [2.05, 4.69) is 5.43 Å². The van der Waals surface area contributed by atoms with Gasteiger partial charge in [0, 0.05) is 6.61 Å². The summed E-state index contributed by atoms with van der Waals surface area (Å²) in [6, 6.07) is 7.41. The van der Waals surface area contributed by atoms with Crippen LogP contribution in [-0.2, 0) is 14.8 Å². The molecule has 1 aromatic rings. The molecule has 0 aromatic heterocycles. The summed E-state index contributed by atoms with van der Waals surface area (Å²) in [5, 5.41) is 8.92. The van der Waals surface area contributed by atoms with E-state index in [-0.39, 0.29) is 23.8 Å². The van der Waals surface area contributed by atoms with E-state index in [1.807, 2.05) is 0 Å². The van der Waals surface area contributed by atoms with Crippen LogP contribution in [0.3, 0.4) is 0 Å². The fraction of sp³-hybridized carbons (Fsp3) is 0.417. The van der Waals surface area contributed by atoms with Gasteiger partial charge in [0.25, 0.3) is 10.0 Å². The molecule has 7 heteroatoms. The SMILES string of the molecule is CC1C(CCO)C(=O)NN1S(=O)(=O)c1ccccc1. The van der Waals surface area contributed by atoms with Crippen LogP contribution in [0.25, 0.3) is 0 Å². The highest BCUT2D eigenvalue weighted by Crippen LogP contribution is 2.26.